The van der Waals surface area contributed by atoms with Crippen LogP contribution in [0.5, 0.6) is 11.5 Å². The summed E-state index contributed by atoms with van der Waals surface area (Å²) in [5.74, 6) is 0.729. The van der Waals surface area contributed by atoms with Crippen LogP contribution in [0.1, 0.15) is 40.1 Å². The molecule has 0 saturated carbocycles. The van der Waals surface area contributed by atoms with Crippen molar-refractivity contribution in [2.24, 2.45) is 0 Å². The van der Waals surface area contributed by atoms with Crippen molar-refractivity contribution in [3.63, 3.8) is 0 Å². The molecule has 5 rings (SSSR count). The molecule has 0 amide bonds. The molecule has 0 bridgehead atoms. The molecule has 0 unspecified atom stereocenters. The molecule has 2 heterocycles. The van der Waals surface area contributed by atoms with E-state index in [4.69, 9.17) is 18.9 Å². The van der Waals surface area contributed by atoms with E-state index >= 15 is 0 Å². The fraction of sp³-hybridized carbons (Fsp3) is 0.172. The molecule has 0 aliphatic heterocycles. The van der Waals surface area contributed by atoms with Crippen molar-refractivity contribution < 1.29 is 23.8 Å². The molecule has 6 heteroatoms. The summed E-state index contributed by atoms with van der Waals surface area (Å²) in [5, 5.41) is 11.6. The third-order valence-electron chi connectivity index (χ3n) is 6.32. The van der Waals surface area contributed by atoms with Gasteiger partial charge in [-0.1, -0.05) is 36.4 Å². The molecule has 3 aromatic carbocycles. The number of aryl methyl sites for hydroxylation is 2. The van der Waals surface area contributed by atoms with Gasteiger partial charge < -0.3 is 19.0 Å². The number of furan rings is 1. The summed E-state index contributed by atoms with van der Waals surface area (Å²) < 4.78 is 17.6. The van der Waals surface area contributed by atoms with Gasteiger partial charge >= 0.3 is 5.97 Å². The summed E-state index contributed by atoms with van der Waals surface area (Å²) in [7, 11) is 1.62. The smallest absolute Gasteiger partial charge is 0.336 e. The molecule has 176 valence electrons. The van der Waals surface area contributed by atoms with Crippen LogP contribution < -0.4 is 9.47 Å². The Kier molecular flexibility index (Phi) is 5.65. The fourth-order valence-electron chi connectivity index (χ4n) is 4.38. The van der Waals surface area contributed by atoms with Crippen LogP contribution in [0.3, 0.4) is 0 Å². The molecular weight excluding hydrogens is 442 g/mol. The number of benzene rings is 3. The number of aromatic nitrogens is 1. The number of para-hydroxylation sites is 1. The van der Waals surface area contributed by atoms with Crippen LogP contribution in [0.2, 0.25) is 0 Å². The number of carbonyl (C=O) groups is 1. The molecule has 5 aromatic rings. The lowest BCUT2D eigenvalue weighted by molar-refractivity contribution is 0.0698. The van der Waals surface area contributed by atoms with Crippen molar-refractivity contribution in [3.8, 4) is 23.0 Å². The van der Waals surface area contributed by atoms with E-state index in [0.717, 1.165) is 33.4 Å². The number of methoxy groups -OCH3 is 1. The van der Waals surface area contributed by atoms with E-state index in [0.29, 0.717) is 28.1 Å². The Morgan fingerprint density at radius 3 is 2.46 bits per heavy atom. The van der Waals surface area contributed by atoms with E-state index in [9.17, 15) is 9.90 Å². The van der Waals surface area contributed by atoms with Crippen molar-refractivity contribution >= 4 is 27.8 Å². The average molecular weight is 468 g/mol. The van der Waals surface area contributed by atoms with E-state index in [-0.39, 0.29) is 11.7 Å². The molecule has 0 aliphatic rings. The lowest BCUT2D eigenvalue weighted by Crippen LogP contribution is -2.07. The maximum absolute atomic E-state index is 12.4. The van der Waals surface area contributed by atoms with Crippen LogP contribution in [0.25, 0.3) is 33.3 Å². The summed E-state index contributed by atoms with van der Waals surface area (Å²) >= 11 is 0. The second-order valence-electron chi connectivity index (χ2n) is 8.55. The van der Waals surface area contributed by atoms with Gasteiger partial charge in [-0.15, -0.1) is 0 Å². The van der Waals surface area contributed by atoms with Gasteiger partial charge in [-0.05, 0) is 62.2 Å². The quantitative estimate of drug-likeness (QED) is 0.286. The van der Waals surface area contributed by atoms with Crippen LogP contribution in [0.4, 0.5) is 0 Å². The predicted octanol–water partition coefficient (Wildman–Crippen LogP) is 7.11. The lowest BCUT2D eigenvalue weighted by atomic mass is 10.0. The minimum absolute atomic E-state index is 0.116. The summed E-state index contributed by atoms with van der Waals surface area (Å²) in [6.45, 7) is 5.79. The number of fused-ring (bicyclic) bond motifs is 2. The second-order valence-corrected chi connectivity index (χ2v) is 8.55. The summed E-state index contributed by atoms with van der Waals surface area (Å²) in [4.78, 5) is 17.3. The molecule has 2 aromatic heterocycles. The zero-order valence-electron chi connectivity index (χ0n) is 20.0. The first-order valence-corrected chi connectivity index (χ1v) is 11.3. The van der Waals surface area contributed by atoms with Gasteiger partial charge in [0.15, 0.2) is 5.76 Å². The topological polar surface area (TPSA) is 81.8 Å². The highest BCUT2D eigenvalue weighted by Gasteiger charge is 2.22. The standard InChI is InChI=1S/C29H25NO5/c1-16-9-14-25(34-18(3)19-10-12-20(33-4)13-11-19)26-22(29(31)32)15-23(30-27(16)26)28-17(2)21-7-5-6-8-24(21)35-28/h5-15,18H,1-4H3,(H,31,32)/t18-/m0/s1. The predicted molar refractivity (Wildman–Crippen MR) is 135 cm³/mol. The molecule has 1 atom stereocenters. The Hall–Kier alpha value is -4.32. The number of hydrogen-bond acceptors (Lipinski definition) is 5. The van der Waals surface area contributed by atoms with Gasteiger partial charge in [0.25, 0.3) is 0 Å². The van der Waals surface area contributed by atoms with Crippen LogP contribution in [-0.4, -0.2) is 23.2 Å². The molecule has 0 aliphatic carbocycles. The molecule has 6 nitrogen and oxygen atoms in total. The van der Waals surface area contributed by atoms with Crippen molar-refractivity contribution in [3.05, 3.63) is 89.0 Å². The monoisotopic (exact) mass is 467 g/mol. The molecule has 0 spiro atoms. The van der Waals surface area contributed by atoms with Gasteiger partial charge in [0.05, 0.1) is 23.6 Å². The van der Waals surface area contributed by atoms with Crippen LogP contribution in [0, 0.1) is 13.8 Å². The SMILES string of the molecule is COc1ccc([C@H](C)Oc2ccc(C)c3nc(-c4oc5ccccc5c4C)cc(C(=O)O)c23)cc1. The zero-order chi connectivity index (χ0) is 24.7. The average Bonchev–Trinajstić information content (AvgIpc) is 3.21. The highest BCUT2D eigenvalue weighted by Crippen LogP contribution is 2.38. The fourth-order valence-corrected chi connectivity index (χ4v) is 4.38. The Balaban J connectivity index is 1.65. The van der Waals surface area contributed by atoms with E-state index in [1.165, 1.54) is 0 Å². The first kappa shape index (κ1) is 22.5. The largest absolute Gasteiger partial charge is 0.497 e. The van der Waals surface area contributed by atoms with E-state index < -0.39 is 5.97 Å². The van der Waals surface area contributed by atoms with Crippen LogP contribution in [0.15, 0.2) is 71.1 Å². The van der Waals surface area contributed by atoms with Gasteiger partial charge in [0.2, 0.25) is 0 Å². The minimum atomic E-state index is -1.06. The molecular formula is C29H25NO5. The lowest BCUT2D eigenvalue weighted by Gasteiger charge is -2.19. The first-order valence-electron chi connectivity index (χ1n) is 11.3. The third-order valence-corrected chi connectivity index (χ3v) is 6.32. The Bertz CT molecular complexity index is 1570. The van der Waals surface area contributed by atoms with Crippen molar-refractivity contribution in [1.29, 1.82) is 0 Å². The molecule has 0 radical (unpaired) electrons. The Labute approximate surface area is 202 Å². The second kappa shape index (κ2) is 8.80. The number of aromatic carboxylic acids is 1. The number of rotatable bonds is 6. The number of ether oxygens (including phenoxy) is 2. The number of carboxylic acid groups (broad SMARTS) is 1. The maximum atomic E-state index is 12.4. The van der Waals surface area contributed by atoms with Crippen molar-refractivity contribution in [2.45, 2.75) is 26.9 Å². The van der Waals surface area contributed by atoms with E-state index in [1.54, 1.807) is 19.2 Å². The van der Waals surface area contributed by atoms with Crippen LogP contribution in [-0.2, 0) is 0 Å². The normalized spacial score (nSPS) is 12.1. The van der Waals surface area contributed by atoms with Gasteiger partial charge in [-0.3, -0.25) is 0 Å². The molecule has 1 N–H and O–H groups in total. The summed E-state index contributed by atoms with van der Waals surface area (Å²) in [5.41, 5.74) is 4.61. The van der Waals surface area contributed by atoms with Crippen molar-refractivity contribution in [1.82, 2.24) is 4.98 Å². The first-order chi connectivity index (χ1) is 16.9. The number of carboxylic acids is 1. The number of hydrogen-bond donors (Lipinski definition) is 1. The van der Waals surface area contributed by atoms with Crippen molar-refractivity contribution in [2.75, 3.05) is 7.11 Å². The van der Waals surface area contributed by atoms with Gasteiger partial charge in [0, 0.05) is 10.9 Å². The summed E-state index contributed by atoms with van der Waals surface area (Å²) in [6.07, 6.45) is -0.314. The van der Waals surface area contributed by atoms with Gasteiger partial charge in [-0.25, -0.2) is 9.78 Å². The zero-order valence-corrected chi connectivity index (χ0v) is 20.0. The Morgan fingerprint density at radius 2 is 1.77 bits per heavy atom. The molecule has 35 heavy (non-hydrogen) atoms. The molecule has 0 fully saturated rings. The highest BCUT2D eigenvalue weighted by atomic mass is 16.5. The van der Waals surface area contributed by atoms with E-state index in [2.05, 4.69) is 0 Å². The third kappa shape index (κ3) is 3.97. The highest BCUT2D eigenvalue weighted by molar-refractivity contribution is 6.07. The minimum Gasteiger partial charge on any atom is -0.497 e. The number of pyridine rings is 1. The maximum Gasteiger partial charge on any atom is 0.336 e. The van der Waals surface area contributed by atoms with Gasteiger partial charge in [0.1, 0.15) is 28.9 Å². The number of nitrogens with zero attached hydrogens (tertiary/aromatic N) is 1. The summed E-state index contributed by atoms with van der Waals surface area (Å²) in [6, 6.07) is 20.6. The molecule has 0 saturated heterocycles. The van der Waals surface area contributed by atoms with Crippen LogP contribution >= 0.6 is 0 Å². The van der Waals surface area contributed by atoms with Gasteiger partial charge in [-0.2, -0.15) is 0 Å². The Morgan fingerprint density at radius 1 is 1.03 bits per heavy atom. The van der Waals surface area contributed by atoms with E-state index in [1.807, 2.05) is 75.4 Å².